The molecule has 1 atom stereocenters. The predicted molar refractivity (Wildman–Crippen MR) is 80.6 cm³/mol. The smallest absolute Gasteiger partial charge is 0.247 e. The van der Waals surface area contributed by atoms with Crippen molar-refractivity contribution in [2.45, 2.75) is 70.0 Å². The van der Waals surface area contributed by atoms with E-state index in [1.54, 1.807) is 11.2 Å². The molecule has 0 bridgehead atoms. The van der Waals surface area contributed by atoms with E-state index >= 15 is 0 Å². The van der Waals surface area contributed by atoms with Gasteiger partial charge in [0.25, 0.3) is 0 Å². The van der Waals surface area contributed by atoms with Gasteiger partial charge in [-0.1, -0.05) is 0 Å². The summed E-state index contributed by atoms with van der Waals surface area (Å²) in [5.74, 6) is 1.23. The lowest BCUT2D eigenvalue weighted by Crippen LogP contribution is -2.34. The van der Waals surface area contributed by atoms with Crippen LogP contribution in [0.25, 0.3) is 0 Å². The van der Waals surface area contributed by atoms with Gasteiger partial charge in [-0.2, -0.15) is 4.31 Å². The minimum absolute atomic E-state index is 0.0776. The molecule has 2 heterocycles. The molecule has 0 spiro atoms. The summed E-state index contributed by atoms with van der Waals surface area (Å²) in [6.45, 7) is 6.77. The maximum Gasteiger partial charge on any atom is 0.247 e. The standard InChI is InChI=1S/C15H24N2O3S/c1-10-5-4-8-17(10)21(18,19)15-12(3)20-11(2)14(15)9-16-13-6-7-13/h10,13,16H,4-9H2,1-3H3. The highest BCUT2D eigenvalue weighted by atomic mass is 32.2. The first-order chi connectivity index (χ1) is 9.91. The zero-order chi connectivity index (χ0) is 15.2. The van der Waals surface area contributed by atoms with E-state index in [0.29, 0.717) is 35.5 Å². The Morgan fingerprint density at radius 3 is 2.52 bits per heavy atom. The van der Waals surface area contributed by atoms with Crippen LogP contribution in [0.1, 0.15) is 49.7 Å². The highest BCUT2D eigenvalue weighted by molar-refractivity contribution is 7.89. The maximum absolute atomic E-state index is 13.0. The van der Waals surface area contributed by atoms with E-state index in [2.05, 4.69) is 5.32 Å². The van der Waals surface area contributed by atoms with E-state index < -0.39 is 10.0 Å². The van der Waals surface area contributed by atoms with Crippen LogP contribution in [0.4, 0.5) is 0 Å². The zero-order valence-corrected chi connectivity index (χ0v) is 13.8. The molecular formula is C15H24N2O3S. The van der Waals surface area contributed by atoms with Crippen LogP contribution in [0.2, 0.25) is 0 Å². The summed E-state index contributed by atoms with van der Waals surface area (Å²) >= 11 is 0. The van der Waals surface area contributed by atoms with E-state index in [-0.39, 0.29) is 6.04 Å². The van der Waals surface area contributed by atoms with Crippen molar-refractivity contribution in [3.05, 3.63) is 17.1 Å². The van der Waals surface area contributed by atoms with Crippen LogP contribution in [0.5, 0.6) is 0 Å². The summed E-state index contributed by atoms with van der Waals surface area (Å²) in [6.07, 6.45) is 4.24. The molecule has 1 aliphatic carbocycles. The molecule has 0 aromatic carbocycles. The highest BCUT2D eigenvalue weighted by Crippen LogP contribution is 2.33. The fourth-order valence-electron chi connectivity index (χ4n) is 3.17. The molecule has 118 valence electrons. The van der Waals surface area contributed by atoms with Gasteiger partial charge < -0.3 is 9.73 Å². The summed E-state index contributed by atoms with van der Waals surface area (Å²) < 4.78 is 33.3. The summed E-state index contributed by atoms with van der Waals surface area (Å²) in [6, 6.07) is 0.620. The molecule has 1 aliphatic heterocycles. The van der Waals surface area contributed by atoms with Gasteiger partial charge in [-0.05, 0) is 46.5 Å². The Kier molecular flexibility index (Phi) is 3.88. The number of furan rings is 1. The second-order valence-corrected chi connectivity index (χ2v) is 8.11. The second kappa shape index (κ2) is 5.41. The molecule has 2 aliphatic rings. The first-order valence-corrected chi connectivity index (χ1v) is 9.19. The number of hydrogen-bond acceptors (Lipinski definition) is 4. The average Bonchev–Trinajstić information content (AvgIpc) is 3.05. The molecule has 21 heavy (non-hydrogen) atoms. The van der Waals surface area contributed by atoms with Crippen LogP contribution < -0.4 is 5.32 Å². The Morgan fingerprint density at radius 1 is 1.24 bits per heavy atom. The van der Waals surface area contributed by atoms with Crippen molar-refractivity contribution in [3.8, 4) is 0 Å². The third-order valence-electron chi connectivity index (χ3n) is 4.53. The third kappa shape index (κ3) is 2.76. The second-order valence-electron chi connectivity index (χ2n) is 6.28. The molecular weight excluding hydrogens is 288 g/mol. The molecule has 1 saturated heterocycles. The van der Waals surface area contributed by atoms with Crippen molar-refractivity contribution in [1.82, 2.24) is 9.62 Å². The van der Waals surface area contributed by atoms with Crippen LogP contribution in [-0.2, 0) is 16.6 Å². The zero-order valence-electron chi connectivity index (χ0n) is 13.0. The Morgan fingerprint density at radius 2 is 1.95 bits per heavy atom. The fraction of sp³-hybridized carbons (Fsp3) is 0.733. The SMILES string of the molecule is Cc1oc(C)c(S(=O)(=O)N2CCCC2C)c1CNC1CC1. The van der Waals surface area contributed by atoms with Gasteiger partial charge in [0.05, 0.1) is 0 Å². The topological polar surface area (TPSA) is 62.6 Å². The molecule has 0 amide bonds. The number of aryl methyl sites for hydroxylation is 2. The third-order valence-corrected chi connectivity index (χ3v) is 6.74. The maximum atomic E-state index is 13.0. The number of hydrogen-bond donors (Lipinski definition) is 1. The van der Waals surface area contributed by atoms with E-state index in [4.69, 9.17) is 4.42 Å². The monoisotopic (exact) mass is 312 g/mol. The fourth-order valence-corrected chi connectivity index (χ4v) is 5.28. The first-order valence-electron chi connectivity index (χ1n) is 7.75. The summed E-state index contributed by atoms with van der Waals surface area (Å²) in [4.78, 5) is 0.391. The van der Waals surface area contributed by atoms with Crippen molar-refractivity contribution in [2.24, 2.45) is 0 Å². The van der Waals surface area contributed by atoms with Gasteiger partial charge in [0.2, 0.25) is 10.0 Å². The number of sulfonamides is 1. The quantitative estimate of drug-likeness (QED) is 0.906. The average molecular weight is 312 g/mol. The number of rotatable bonds is 5. The minimum Gasteiger partial charge on any atom is -0.465 e. The van der Waals surface area contributed by atoms with Crippen LogP contribution in [0.15, 0.2) is 9.31 Å². The Balaban J connectivity index is 1.95. The summed E-state index contributed by atoms with van der Waals surface area (Å²) in [5.41, 5.74) is 0.804. The van der Waals surface area contributed by atoms with Gasteiger partial charge in [0, 0.05) is 30.7 Å². The molecule has 1 N–H and O–H groups in total. The normalized spacial score (nSPS) is 23.9. The number of nitrogens with zero attached hydrogens (tertiary/aromatic N) is 1. The van der Waals surface area contributed by atoms with Crippen molar-refractivity contribution in [3.63, 3.8) is 0 Å². The van der Waals surface area contributed by atoms with Crippen molar-refractivity contribution >= 4 is 10.0 Å². The lowest BCUT2D eigenvalue weighted by molar-refractivity contribution is 0.406. The lowest BCUT2D eigenvalue weighted by Gasteiger charge is -2.21. The molecule has 5 nitrogen and oxygen atoms in total. The summed E-state index contributed by atoms with van der Waals surface area (Å²) in [7, 11) is -3.46. The van der Waals surface area contributed by atoms with Crippen LogP contribution in [0.3, 0.4) is 0 Å². The van der Waals surface area contributed by atoms with Crippen molar-refractivity contribution < 1.29 is 12.8 Å². The molecule has 0 radical (unpaired) electrons. The van der Waals surface area contributed by atoms with Crippen LogP contribution >= 0.6 is 0 Å². The molecule has 2 fully saturated rings. The van der Waals surface area contributed by atoms with Gasteiger partial charge in [0.1, 0.15) is 16.4 Å². The molecule has 1 saturated carbocycles. The van der Waals surface area contributed by atoms with E-state index in [0.717, 1.165) is 18.4 Å². The molecule has 3 rings (SSSR count). The largest absolute Gasteiger partial charge is 0.465 e. The number of nitrogens with one attached hydrogen (secondary N) is 1. The van der Waals surface area contributed by atoms with Gasteiger partial charge in [0.15, 0.2) is 0 Å². The van der Waals surface area contributed by atoms with Gasteiger partial charge in [-0.3, -0.25) is 0 Å². The van der Waals surface area contributed by atoms with Gasteiger partial charge in [-0.15, -0.1) is 0 Å². The first kappa shape index (κ1) is 15.1. The summed E-state index contributed by atoms with van der Waals surface area (Å²) in [5, 5.41) is 3.40. The van der Waals surface area contributed by atoms with Gasteiger partial charge >= 0.3 is 0 Å². The minimum atomic E-state index is -3.46. The Bertz CT molecular complexity index is 632. The van der Waals surface area contributed by atoms with E-state index in [9.17, 15) is 8.42 Å². The Hall–Kier alpha value is -0.850. The Labute approximate surface area is 126 Å². The van der Waals surface area contributed by atoms with Crippen LogP contribution in [-0.4, -0.2) is 31.4 Å². The molecule has 1 unspecified atom stereocenters. The van der Waals surface area contributed by atoms with E-state index in [1.165, 1.54) is 12.8 Å². The molecule has 1 aromatic heterocycles. The van der Waals surface area contributed by atoms with Crippen molar-refractivity contribution in [1.29, 1.82) is 0 Å². The van der Waals surface area contributed by atoms with Gasteiger partial charge in [-0.25, -0.2) is 8.42 Å². The van der Waals surface area contributed by atoms with E-state index in [1.807, 2.05) is 13.8 Å². The molecule has 6 heteroatoms. The van der Waals surface area contributed by atoms with Crippen molar-refractivity contribution in [2.75, 3.05) is 6.54 Å². The predicted octanol–water partition coefficient (Wildman–Crippen LogP) is 2.32. The molecule has 1 aromatic rings. The van der Waals surface area contributed by atoms with Crippen LogP contribution in [0, 0.1) is 13.8 Å². The lowest BCUT2D eigenvalue weighted by atomic mass is 10.2. The highest BCUT2D eigenvalue weighted by Gasteiger charge is 2.37.